The van der Waals surface area contributed by atoms with E-state index in [4.69, 9.17) is 5.21 Å². The molecule has 0 heterocycles. The molecule has 2 aromatic carbocycles. The Morgan fingerprint density at radius 3 is 2.13 bits per heavy atom. The van der Waals surface area contributed by atoms with Crippen LogP contribution in [0.15, 0.2) is 59.8 Å². The van der Waals surface area contributed by atoms with Crippen LogP contribution in [0.2, 0.25) is 0 Å². The fourth-order valence-corrected chi connectivity index (χ4v) is 6.96. The highest BCUT2D eigenvalue weighted by molar-refractivity contribution is 5.99. The number of oxime groups is 1. The van der Waals surface area contributed by atoms with Crippen LogP contribution in [0.3, 0.4) is 0 Å². The smallest absolute Gasteiger partial charge is 0.225 e. The van der Waals surface area contributed by atoms with Gasteiger partial charge in [-0.1, -0.05) is 47.6 Å². The fraction of sp³-hybridized carbons (Fsp3) is 0.462. The topological polar surface area (TPSA) is 61.7 Å². The second kappa shape index (κ2) is 7.57. The van der Waals surface area contributed by atoms with Crippen molar-refractivity contribution in [3.8, 4) is 0 Å². The predicted molar refractivity (Wildman–Crippen MR) is 119 cm³/mol. The van der Waals surface area contributed by atoms with Crippen molar-refractivity contribution in [2.75, 3.05) is 5.32 Å². The van der Waals surface area contributed by atoms with Crippen LogP contribution in [-0.4, -0.2) is 16.8 Å². The van der Waals surface area contributed by atoms with E-state index in [0.29, 0.717) is 24.0 Å². The van der Waals surface area contributed by atoms with E-state index in [9.17, 15) is 4.79 Å². The number of carbonyl (C=O) groups is 1. The molecule has 0 aromatic heterocycles. The van der Waals surface area contributed by atoms with Crippen molar-refractivity contribution < 1.29 is 10.0 Å². The number of hydrogen-bond acceptors (Lipinski definition) is 3. The number of nitrogens with one attached hydrogen (secondary N) is 1. The van der Waals surface area contributed by atoms with Gasteiger partial charge < -0.3 is 10.5 Å². The summed E-state index contributed by atoms with van der Waals surface area (Å²) in [5.74, 6) is 3.08. The average Bonchev–Trinajstić information content (AvgIpc) is 2.76. The Kier molecular flexibility index (Phi) is 4.88. The summed E-state index contributed by atoms with van der Waals surface area (Å²) in [5.41, 5.74) is 3.53. The van der Waals surface area contributed by atoms with E-state index in [-0.39, 0.29) is 11.3 Å². The van der Waals surface area contributed by atoms with Crippen LogP contribution in [0.1, 0.15) is 56.6 Å². The van der Waals surface area contributed by atoms with Crippen LogP contribution in [-0.2, 0) is 10.2 Å². The van der Waals surface area contributed by atoms with E-state index >= 15 is 0 Å². The van der Waals surface area contributed by atoms with Gasteiger partial charge in [-0.05, 0) is 86.0 Å². The van der Waals surface area contributed by atoms with Crippen molar-refractivity contribution in [2.24, 2.45) is 28.8 Å². The largest absolute Gasteiger partial charge is 0.411 e. The summed E-state index contributed by atoms with van der Waals surface area (Å²) < 4.78 is 0. The van der Waals surface area contributed by atoms with Gasteiger partial charge in [-0.2, -0.15) is 0 Å². The maximum absolute atomic E-state index is 13.3. The van der Waals surface area contributed by atoms with Gasteiger partial charge in [0.1, 0.15) is 0 Å². The summed E-state index contributed by atoms with van der Waals surface area (Å²) in [6.45, 7) is 1.75. The lowest BCUT2D eigenvalue weighted by atomic mass is 9.43. The molecule has 0 saturated heterocycles. The van der Waals surface area contributed by atoms with Gasteiger partial charge in [0.2, 0.25) is 5.91 Å². The maximum Gasteiger partial charge on any atom is 0.225 e. The zero-order chi connectivity index (χ0) is 20.7. The van der Waals surface area contributed by atoms with E-state index in [2.05, 4.69) is 40.8 Å². The van der Waals surface area contributed by atoms with E-state index in [1.165, 1.54) is 37.7 Å². The van der Waals surface area contributed by atoms with Crippen LogP contribution in [0.4, 0.5) is 5.69 Å². The monoisotopic (exact) mass is 402 g/mol. The molecule has 4 heteroatoms. The molecule has 1 amide bonds. The lowest BCUT2D eigenvalue weighted by Gasteiger charge is -2.61. The number of anilines is 1. The highest BCUT2D eigenvalue weighted by Gasteiger charge is 2.58. The third-order valence-corrected chi connectivity index (χ3v) is 8.10. The summed E-state index contributed by atoms with van der Waals surface area (Å²) >= 11 is 0. The van der Waals surface area contributed by atoms with Crippen LogP contribution in [0.5, 0.6) is 0 Å². The van der Waals surface area contributed by atoms with Crippen LogP contribution in [0, 0.1) is 23.7 Å². The molecule has 0 aliphatic heterocycles. The van der Waals surface area contributed by atoms with Gasteiger partial charge in [-0.15, -0.1) is 0 Å². The number of benzene rings is 2. The second-order valence-corrected chi connectivity index (χ2v) is 9.70. The van der Waals surface area contributed by atoms with E-state index in [1.54, 1.807) is 6.92 Å². The van der Waals surface area contributed by atoms with Crippen LogP contribution in [0.25, 0.3) is 0 Å². The molecular weight excluding hydrogens is 372 g/mol. The third-order valence-electron chi connectivity index (χ3n) is 8.10. The molecule has 4 fully saturated rings. The molecule has 4 aliphatic carbocycles. The Bertz CT molecular complexity index is 921. The Hall–Kier alpha value is -2.62. The van der Waals surface area contributed by atoms with Crippen molar-refractivity contribution >= 4 is 17.3 Å². The van der Waals surface area contributed by atoms with Gasteiger partial charge in [-0.3, -0.25) is 4.79 Å². The van der Waals surface area contributed by atoms with Crippen molar-refractivity contribution in [1.29, 1.82) is 0 Å². The normalized spacial score (nSPS) is 32.2. The van der Waals surface area contributed by atoms with Gasteiger partial charge in [0.05, 0.1) is 5.71 Å². The number of carbonyl (C=O) groups excluding carboxylic acids is 1. The number of nitrogens with zero attached hydrogens (tertiary/aromatic N) is 1. The number of hydrogen-bond donors (Lipinski definition) is 2. The number of rotatable bonds is 5. The fourth-order valence-electron chi connectivity index (χ4n) is 6.96. The van der Waals surface area contributed by atoms with E-state index in [1.807, 2.05) is 24.3 Å². The molecule has 4 bridgehead atoms. The second-order valence-electron chi connectivity index (χ2n) is 9.70. The highest BCUT2D eigenvalue weighted by atomic mass is 16.4. The molecule has 0 radical (unpaired) electrons. The highest BCUT2D eigenvalue weighted by Crippen LogP contribution is 2.64. The molecule has 4 saturated carbocycles. The molecule has 0 spiro atoms. The minimum atomic E-state index is -0.0289. The molecule has 2 aromatic rings. The van der Waals surface area contributed by atoms with Crippen molar-refractivity contribution in [2.45, 2.75) is 50.9 Å². The zero-order valence-electron chi connectivity index (χ0n) is 17.6. The first-order chi connectivity index (χ1) is 14.6. The summed E-state index contributed by atoms with van der Waals surface area (Å²) in [5, 5.41) is 15.3. The molecule has 2 N–H and O–H groups in total. The van der Waals surface area contributed by atoms with Gasteiger partial charge in [0.15, 0.2) is 0 Å². The van der Waals surface area contributed by atoms with Crippen LogP contribution >= 0.6 is 0 Å². The molecule has 0 atom stereocenters. The Morgan fingerprint density at radius 2 is 1.57 bits per heavy atom. The Morgan fingerprint density at radius 1 is 0.967 bits per heavy atom. The zero-order valence-corrected chi connectivity index (χ0v) is 17.6. The predicted octanol–water partition coefficient (Wildman–Crippen LogP) is 5.61. The van der Waals surface area contributed by atoms with Crippen molar-refractivity contribution in [1.82, 2.24) is 0 Å². The first kappa shape index (κ1) is 19.3. The van der Waals surface area contributed by atoms with Gasteiger partial charge in [0.25, 0.3) is 0 Å². The minimum absolute atomic E-state index is 0.0289. The summed E-state index contributed by atoms with van der Waals surface area (Å²) in [7, 11) is 0. The van der Waals surface area contributed by atoms with Crippen molar-refractivity contribution in [3.05, 3.63) is 65.7 Å². The minimum Gasteiger partial charge on any atom is -0.411 e. The Labute approximate surface area is 178 Å². The lowest BCUT2D eigenvalue weighted by Crippen LogP contribution is -2.56. The summed E-state index contributed by atoms with van der Waals surface area (Å²) in [4.78, 5) is 13.3. The Balaban J connectivity index is 1.40. The van der Waals surface area contributed by atoms with E-state index < -0.39 is 0 Å². The average molecular weight is 403 g/mol. The van der Waals surface area contributed by atoms with Gasteiger partial charge >= 0.3 is 0 Å². The molecule has 6 rings (SSSR count). The molecule has 4 nitrogen and oxygen atoms in total. The summed E-state index contributed by atoms with van der Waals surface area (Å²) in [6, 6.07) is 18.4. The molecule has 156 valence electrons. The van der Waals surface area contributed by atoms with Crippen LogP contribution < -0.4 is 5.32 Å². The van der Waals surface area contributed by atoms with Crippen molar-refractivity contribution in [3.63, 3.8) is 0 Å². The SMILES string of the molecule is CC(=NO)c1ccc(NC(=O)CC2(c3ccccc3)C3CC4CC(C3)CC2C4)cc1. The first-order valence-corrected chi connectivity index (χ1v) is 11.2. The quantitative estimate of drug-likeness (QED) is 0.388. The molecule has 0 unspecified atom stereocenters. The first-order valence-electron chi connectivity index (χ1n) is 11.2. The molecular formula is C26H30N2O2. The standard InChI is InChI=1S/C26H30N2O2/c1-17(28-30)20-7-9-24(10-8-20)27-25(29)16-26(21-5-3-2-4-6-21)22-12-18-11-19(14-22)15-23(26)13-18/h2-10,18-19,22-23,30H,11-16H2,1H3,(H,27,29). The van der Waals surface area contributed by atoms with Gasteiger partial charge in [-0.25, -0.2) is 0 Å². The van der Waals surface area contributed by atoms with Gasteiger partial charge in [0, 0.05) is 17.5 Å². The lowest BCUT2D eigenvalue weighted by molar-refractivity contribution is -0.124. The maximum atomic E-state index is 13.3. The summed E-state index contributed by atoms with van der Waals surface area (Å²) in [6.07, 6.45) is 7.10. The number of amides is 1. The molecule has 4 aliphatic rings. The third kappa shape index (κ3) is 3.23. The van der Waals surface area contributed by atoms with E-state index in [0.717, 1.165) is 23.1 Å². The molecule has 30 heavy (non-hydrogen) atoms.